The van der Waals surface area contributed by atoms with Gasteiger partial charge in [-0.25, -0.2) is 0 Å². The maximum atomic E-state index is 2.43. The fourth-order valence-electron chi connectivity index (χ4n) is 0.856. The lowest BCUT2D eigenvalue weighted by atomic mass is 10.4. The average molecular weight is 189 g/mol. The van der Waals surface area contributed by atoms with Crippen molar-refractivity contribution in [2.45, 2.75) is 61.3 Å². The monoisotopic (exact) mass is 189 g/mol. The summed E-state index contributed by atoms with van der Waals surface area (Å²) in [5, 5.41) is 0. The SMILES string of the molecule is CC.CCC.CCCN(CC)CC. The highest BCUT2D eigenvalue weighted by Crippen LogP contribution is 1.87. The molecule has 0 unspecified atom stereocenters. The van der Waals surface area contributed by atoms with Crippen LogP contribution < -0.4 is 0 Å². The molecular weight excluding hydrogens is 158 g/mol. The summed E-state index contributed by atoms with van der Waals surface area (Å²) in [7, 11) is 0. The first-order valence-electron chi connectivity index (χ1n) is 5.98. The van der Waals surface area contributed by atoms with Crippen LogP contribution in [0.3, 0.4) is 0 Å². The molecule has 0 aromatic carbocycles. The van der Waals surface area contributed by atoms with Gasteiger partial charge in [-0.15, -0.1) is 0 Å². The number of nitrogens with zero attached hydrogens (tertiary/aromatic N) is 1. The first kappa shape index (κ1) is 18.7. The summed E-state index contributed by atoms with van der Waals surface area (Å²) in [6.07, 6.45) is 2.53. The van der Waals surface area contributed by atoms with Crippen LogP contribution in [0, 0.1) is 0 Å². The van der Waals surface area contributed by atoms with Gasteiger partial charge in [-0.3, -0.25) is 0 Å². The third kappa shape index (κ3) is 24.5. The van der Waals surface area contributed by atoms with Crippen molar-refractivity contribution in [3.63, 3.8) is 0 Å². The maximum absolute atomic E-state index is 2.43. The van der Waals surface area contributed by atoms with E-state index in [9.17, 15) is 0 Å². The van der Waals surface area contributed by atoms with Crippen molar-refractivity contribution in [2.24, 2.45) is 0 Å². The molecule has 84 valence electrons. The van der Waals surface area contributed by atoms with Gasteiger partial charge in [0.25, 0.3) is 0 Å². The molecule has 0 aliphatic heterocycles. The van der Waals surface area contributed by atoms with E-state index >= 15 is 0 Å². The molecule has 13 heavy (non-hydrogen) atoms. The molecule has 0 heterocycles. The summed E-state index contributed by atoms with van der Waals surface area (Å²) in [6, 6.07) is 0. The van der Waals surface area contributed by atoms with E-state index in [2.05, 4.69) is 39.5 Å². The van der Waals surface area contributed by atoms with Crippen LogP contribution in [0.2, 0.25) is 0 Å². The van der Waals surface area contributed by atoms with E-state index in [0.29, 0.717) is 0 Å². The lowest BCUT2D eigenvalue weighted by molar-refractivity contribution is 0.304. The van der Waals surface area contributed by atoms with Crippen LogP contribution in [0.5, 0.6) is 0 Å². The zero-order chi connectivity index (χ0) is 11.1. The molecule has 0 amide bonds. The molecule has 0 atom stereocenters. The zero-order valence-corrected chi connectivity index (χ0v) is 11.0. The fraction of sp³-hybridized carbons (Fsp3) is 1.00. The van der Waals surface area contributed by atoms with Gasteiger partial charge in [0.05, 0.1) is 0 Å². The van der Waals surface area contributed by atoms with E-state index in [0.717, 1.165) is 0 Å². The molecule has 0 fully saturated rings. The number of hydrogen-bond donors (Lipinski definition) is 0. The van der Waals surface area contributed by atoms with E-state index in [1.54, 1.807) is 0 Å². The lowest BCUT2D eigenvalue weighted by Gasteiger charge is -2.15. The third-order valence-electron chi connectivity index (χ3n) is 1.43. The first-order valence-corrected chi connectivity index (χ1v) is 5.98. The molecule has 1 nitrogen and oxygen atoms in total. The molecule has 0 aromatic rings. The molecule has 0 spiro atoms. The molecule has 0 saturated carbocycles. The second kappa shape index (κ2) is 22.7. The van der Waals surface area contributed by atoms with Gasteiger partial charge < -0.3 is 4.90 Å². The van der Waals surface area contributed by atoms with Crippen LogP contribution in [0.4, 0.5) is 0 Å². The second-order valence-corrected chi connectivity index (χ2v) is 2.73. The molecule has 0 aliphatic carbocycles. The van der Waals surface area contributed by atoms with Crippen molar-refractivity contribution >= 4 is 0 Å². The minimum Gasteiger partial charge on any atom is -0.304 e. The van der Waals surface area contributed by atoms with Crippen molar-refractivity contribution in [1.82, 2.24) is 4.90 Å². The van der Waals surface area contributed by atoms with Gasteiger partial charge in [0, 0.05) is 0 Å². The van der Waals surface area contributed by atoms with Crippen molar-refractivity contribution in [3.05, 3.63) is 0 Å². The highest BCUT2D eigenvalue weighted by molar-refractivity contribution is 4.47. The molecule has 0 aromatic heterocycles. The van der Waals surface area contributed by atoms with Crippen LogP contribution in [0.15, 0.2) is 0 Å². The summed E-state index contributed by atoms with van der Waals surface area (Å²) in [5.41, 5.74) is 0. The third-order valence-corrected chi connectivity index (χ3v) is 1.43. The van der Waals surface area contributed by atoms with Crippen molar-refractivity contribution in [3.8, 4) is 0 Å². The second-order valence-electron chi connectivity index (χ2n) is 2.73. The maximum Gasteiger partial charge on any atom is -0.00216 e. The van der Waals surface area contributed by atoms with Gasteiger partial charge >= 0.3 is 0 Å². The number of rotatable bonds is 4. The summed E-state index contributed by atoms with van der Waals surface area (Å²) < 4.78 is 0. The molecular formula is C12H31N. The molecule has 0 N–H and O–H groups in total. The topological polar surface area (TPSA) is 3.24 Å². The minimum absolute atomic E-state index is 1.20. The molecule has 0 aliphatic rings. The molecule has 1 heteroatoms. The summed E-state index contributed by atoms with van der Waals surface area (Å²) in [5.74, 6) is 0. The Labute approximate surface area is 86.5 Å². The van der Waals surface area contributed by atoms with Crippen LogP contribution in [-0.4, -0.2) is 24.5 Å². The normalized spacial score (nSPS) is 8.31. The summed E-state index contributed by atoms with van der Waals surface area (Å²) >= 11 is 0. The molecule has 0 saturated heterocycles. The quantitative estimate of drug-likeness (QED) is 0.641. The zero-order valence-electron chi connectivity index (χ0n) is 11.0. The standard InChI is InChI=1S/C7H17N.C3H8.C2H6/c1-4-7-8(5-2)6-3;1-3-2;1-2/h4-7H2,1-3H3;3H2,1-2H3;1-2H3. The Morgan fingerprint density at radius 1 is 0.769 bits per heavy atom. The van der Waals surface area contributed by atoms with Crippen LogP contribution in [0.1, 0.15) is 61.3 Å². The Balaban J connectivity index is -0.000000169. The predicted octanol–water partition coefficient (Wildman–Crippen LogP) is 4.18. The highest BCUT2D eigenvalue weighted by atomic mass is 15.1. The predicted molar refractivity (Wildman–Crippen MR) is 65.4 cm³/mol. The van der Waals surface area contributed by atoms with Crippen molar-refractivity contribution < 1.29 is 0 Å². The minimum atomic E-state index is 1.20. The highest BCUT2D eigenvalue weighted by Gasteiger charge is 1.92. The smallest absolute Gasteiger partial charge is 0.00216 e. The van der Waals surface area contributed by atoms with Crippen molar-refractivity contribution in [1.29, 1.82) is 0 Å². The van der Waals surface area contributed by atoms with Crippen LogP contribution >= 0.6 is 0 Å². The Bertz CT molecular complexity index is 49.1. The molecule has 0 rings (SSSR count). The molecule has 0 bridgehead atoms. The van der Waals surface area contributed by atoms with Gasteiger partial charge in [-0.2, -0.15) is 0 Å². The number of hydrogen-bond acceptors (Lipinski definition) is 1. The Morgan fingerprint density at radius 3 is 1.15 bits per heavy atom. The van der Waals surface area contributed by atoms with Gasteiger partial charge in [-0.1, -0.05) is 54.9 Å². The first-order chi connectivity index (χ1) is 6.26. The lowest BCUT2D eigenvalue weighted by Crippen LogP contribution is -2.23. The molecule has 0 radical (unpaired) electrons. The fourth-order valence-corrected chi connectivity index (χ4v) is 0.856. The van der Waals surface area contributed by atoms with E-state index < -0.39 is 0 Å². The largest absolute Gasteiger partial charge is 0.304 e. The van der Waals surface area contributed by atoms with E-state index in [1.807, 2.05) is 13.8 Å². The Kier molecular flexibility index (Phi) is 32.6. The van der Waals surface area contributed by atoms with Gasteiger partial charge in [0.2, 0.25) is 0 Å². The van der Waals surface area contributed by atoms with E-state index in [4.69, 9.17) is 0 Å². The van der Waals surface area contributed by atoms with Gasteiger partial charge in [-0.05, 0) is 26.1 Å². The van der Waals surface area contributed by atoms with Crippen molar-refractivity contribution in [2.75, 3.05) is 19.6 Å². The van der Waals surface area contributed by atoms with Gasteiger partial charge in [0.1, 0.15) is 0 Å². The summed E-state index contributed by atoms with van der Waals surface area (Å²) in [4.78, 5) is 2.43. The van der Waals surface area contributed by atoms with Crippen LogP contribution in [0.25, 0.3) is 0 Å². The Morgan fingerprint density at radius 2 is 1.08 bits per heavy atom. The summed E-state index contributed by atoms with van der Waals surface area (Å²) in [6.45, 7) is 18.5. The Hall–Kier alpha value is -0.0400. The average Bonchev–Trinajstić information content (AvgIpc) is 2.18. The van der Waals surface area contributed by atoms with Crippen LogP contribution in [-0.2, 0) is 0 Å². The van der Waals surface area contributed by atoms with E-state index in [-0.39, 0.29) is 0 Å². The van der Waals surface area contributed by atoms with E-state index in [1.165, 1.54) is 32.5 Å². The van der Waals surface area contributed by atoms with Gasteiger partial charge in [0.15, 0.2) is 0 Å².